The molecule has 1 aliphatic heterocycles. The fraction of sp³-hybridized carbons (Fsp3) is 1.00. The Bertz CT molecular complexity index is 116. The Balaban J connectivity index is 2.38. The van der Waals surface area contributed by atoms with Gasteiger partial charge in [0.05, 0.1) is 0 Å². The number of rotatable bonds is 1. The van der Waals surface area contributed by atoms with E-state index in [4.69, 9.17) is 0 Å². The summed E-state index contributed by atoms with van der Waals surface area (Å²) in [4.78, 5) is 0. The van der Waals surface area contributed by atoms with Gasteiger partial charge in [-0.05, 0) is 0 Å². The van der Waals surface area contributed by atoms with E-state index < -0.39 is 21.8 Å². The van der Waals surface area contributed by atoms with Crippen molar-refractivity contribution in [2.45, 2.75) is 15.1 Å². The number of hydrogen-bond acceptors (Lipinski definition) is 1. The summed E-state index contributed by atoms with van der Waals surface area (Å²) in [5, 5.41) is 0. The molecule has 0 aliphatic carbocycles. The van der Waals surface area contributed by atoms with Gasteiger partial charge in [-0.15, -0.1) is 0 Å². The van der Waals surface area contributed by atoms with E-state index in [0.717, 1.165) is 42.2 Å². The second-order valence-electron chi connectivity index (χ2n) is 2.89. The maximum absolute atomic E-state index is 12.5. The Morgan fingerprint density at radius 2 is 2.00 bits per heavy atom. The molecule has 0 aromatic carbocycles. The first-order valence-corrected chi connectivity index (χ1v) is 7.20. The van der Waals surface area contributed by atoms with Gasteiger partial charge in [0.25, 0.3) is 0 Å². The first-order chi connectivity index (χ1) is 4.66. The Hall–Kier alpha value is 1.88. The first-order valence-electron chi connectivity index (χ1n) is 3.34. The molecule has 0 unspecified atom stereocenters. The van der Waals surface area contributed by atoms with Gasteiger partial charge in [-0.3, -0.25) is 0 Å². The predicted molar refractivity (Wildman–Crippen MR) is 47.2 cm³/mol. The number of alkyl halides is 1. The minimum absolute atomic E-state index is 0.237. The molecule has 1 saturated heterocycles. The topological polar surface area (TPSA) is 3.24 Å². The summed E-state index contributed by atoms with van der Waals surface area (Å²) >= 11 is 2.41. The molecule has 1 rings (SSSR count). The third-order valence-corrected chi connectivity index (χ3v) is 6.91. The quantitative estimate of drug-likeness (QED) is 0.214. The Labute approximate surface area is 94.1 Å². The fourth-order valence-corrected chi connectivity index (χ4v) is 2.84. The third kappa shape index (κ3) is 2.74. The maximum atomic E-state index is 12.5. The molecule has 0 spiro atoms. The Kier molecular flexibility index (Phi) is 4.20. The van der Waals surface area contributed by atoms with Gasteiger partial charge >= 0.3 is 95.1 Å². The van der Waals surface area contributed by atoms with Crippen LogP contribution in [0.15, 0.2) is 0 Å². The molecular weight excluding hydrogens is 374 g/mol. The zero-order valence-electron chi connectivity index (χ0n) is 5.91. The molecule has 1 nitrogen and oxygen atoms in total. The average Bonchev–Trinajstić information content (AvgIpc) is 1.96. The van der Waals surface area contributed by atoms with Crippen molar-refractivity contribution in [3.63, 3.8) is 0 Å². The van der Waals surface area contributed by atoms with E-state index in [9.17, 15) is 2.86 Å². The van der Waals surface area contributed by atoms with Crippen molar-refractivity contribution in [2.24, 2.45) is 0 Å². The summed E-state index contributed by atoms with van der Waals surface area (Å²) in [6, 6.07) is 0. The van der Waals surface area contributed by atoms with Crippen molar-refractivity contribution in [1.82, 2.24) is 3.11 Å². The van der Waals surface area contributed by atoms with Crippen LogP contribution < -0.4 is 21.8 Å². The van der Waals surface area contributed by atoms with Crippen LogP contribution in [0.4, 0.5) is 2.86 Å². The van der Waals surface area contributed by atoms with Crippen LogP contribution in [0, 0.1) is 0 Å². The van der Waals surface area contributed by atoms with Gasteiger partial charge < -0.3 is 0 Å². The molecule has 0 amide bonds. The van der Waals surface area contributed by atoms with E-state index in [1.165, 1.54) is 0 Å². The monoisotopic (exact) mass is 384 g/mol. The van der Waals surface area contributed by atoms with Crippen LogP contribution in [0.25, 0.3) is 0 Å². The van der Waals surface area contributed by atoms with Crippen LogP contribution in [0.1, 0.15) is 12.8 Å². The molecule has 0 aromatic heterocycles. The molecule has 1 fully saturated rings. The molecule has 1 heterocycles. The van der Waals surface area contributed by atoms with Gasteiger partial charge in [-0.1, -0.05) is 0 Å². The Morgan fingerprint density at radius 1 is 1.50 bits per heavy atom. The first kappa shape index (κ1) is 9.97. The van der Waals surface area contributed by atoms with Gasteiger partial charge in [0.15, 0.2) is 0 Å². The molecule has 5 heteroatoms. The van der Waals surface area contributed by atoms with Crippen molar-refractivity contribution < 1.29 is 24.6 Å². The SMILES string of the molecule is F[I-][C]1([AlH2])CCN(I)CC1. The molecule has 10 heavy (non-hydrogen) atoms. The van der Waals surface area contributed by atoms with E-state index in [-0.39, 0.29) is 2.28 Å². The van der Waals surface area contributed by atoms with Crippen molar-refractivity contribution in [3.8, 4) is 0 Å². The second-order valence-corrected chi connectivity index (χ2v) is 11.2. The number of hydrogen-bond donors (Lipinski definition) is 0. The number of piperidine rings is 1. The van der Waals surface area contributed by atoms with Gasteiger partial charge in [0.1, 0.15) is 0 Å². The van der Waals surface area contributed by atoms with Crippen molar-refractivity contribution in [3.05, 3.63) is 0 Å². The zero-order valence-corrected chi connectivity index (χ0v) is 12.2. The van der Waals surface area contributed by atoms with Crippen LogP contribution in [-0.2, 0) is 0 Å². The van der Waals surface area contributed by atoms with Gasteiger partial charge in [-0.2, -0.15) is 0 Å². The summed E-state index contributed by atoms with van der Waals surface area (Å²) in [6.45, 7) is 2.21. The van der Waals surface area contributed by atoms with Crippen LogP contribution in [0.3, 0.4) is 0 Å². The third-order valence-electron chi connectivity index (χ3n) is 1.92. The molecule has 0 saturated carbocycles. The van der Waals surface area contributed by atoms with Crippen LogP contribution in [-0.4, -0.2) is 34.8 Å². The van der Waals surface area contributed by atoms with E-state index in [0.29, 0.717) is 0 Å². The summed E-state index contributed by atoms with van der Waals surface area (Å²) in [5.41, 5.74) is 0. The molecular formula is C5H10AlFI2N-. The number of halogens is 3. The molecule has 0 bridgehead atoms. The molecule has 0 atom stereocenters. The average molecular weight is 384 g/mol. The predicted octanol–water partition coefficient (Wildman–Crippen LogP) is -2.26. The van der Waals surface area contributed by atoms with Crippen LogP contribution >= 0.6 is 22.9 Å². The molecule has 60 valence electrons. The molecule has 0 aromatic rings. The molecule has 1 aliphatic rings. The summed E-state index contributed by atoms with van der Waals surface area (Å²) in [6.07, 6.45) is 2.23. The van der Waals surface area contributed by atoms with E-state index in [2.05, 4.69) is 26.0 Å². The zero-order chi connectivity index (χ0) is 7.61. The summed E-state index contributed by atoms with van der Waals surface area (Å²) in [7, 11) is 0. The second kappa shape index (κ2) is 4.21. The van der Waals surface area contributed by atoms with Crippen molar-refractivity contribution >= 4 is 39.2 Å². The van der Waals surface area contributed by atoms with Gasteiger partial charge in [-0.25, -0.2) is 0 Å². The minimum atomic E-state index is -0.985. The fourth-order valence-electron chi connectivity index (χ4n) is 1.02. The summed E-state index contributed by atoms with van der Waals surface area (Å²) in [5.74, 6) is 0. The van der Waals surface area contributed by atoms with Gasteiger partial charge in [0, 0.05) is 0 Å². The van der Waals surface area contributed by atoms with Crippen molar-refractivity contribution in [1.29, 1.82) is 0 Å². The Morgan fingerprint density at radius 3 is 2.40 bits per heavy atom. The van der Waals surface area contributed by atoms with Gasteiger partial charge in [0.2, 0.25) is 0 Å². The number of nitrogens with zero attached hydrogens (tertiary/aromatic N) is 1. The van der Waals surface area contributed by atoms with Crippen LogP contribution in [0.5, 0.6) is 0 Å². The van der Waals surface area contributed by atoms with E-state index in [1.54, 1.807) is 0 Å². The van der Waals surface area contributed by atoms with E-state index in [1.807, 2.05) is 0 Å². The standard InChI is InChI=1S/C5H8FI2N.Al.2H/c6-8-5-1-3-9(7)4-2-5;;;/h1-4H2;;;/q-1;;;. The summed E-state index contributed by atoms with van der Waals surface area (Å²) < 4.78 is 15.0. The van der Waals surface area contributed by atoms with Crippen molar-refractivity contribution in [2.75, 3.05) is 13.1 Å². The molecule has 0 radical (unpaired) electrons. The molecule has 0 N–H and O–H groups in total. The normalized spacial score (nSPS) is 27.0. The van der Waals surface area contributed by atoms with Crippen LogP contribution in [0.2, 0.25) is 0 Å². The van der Waals surface area contributed by atoms with E-state index >= 15 is 0 Å².